The average Bonchev–Trinajstić information content (AvgIpc) is 3.02. The van der Waals surface area contributed by atoms with E-state index in [2.05, 4.69) is 15.5 Å². The number of aromatic nitrogens is 3. The maximum atomic E-state index is 13.4. The van der Waals surface area contributed by atoms with Gasteiger partial charge in [-0.15, -0.1) is 10.2 Å². The molecule has 0 radical (unpaired) electrons. The summed E-state index contributed by atoms with van der Waals surface area (Å²) in [5.41, 5.74) is 6.54. The van der Waals surface area contributed by atoms with Crippen LogP contribution in [0.15, 0.2) is 53.7 Å². The van der Waals surface area contributed by atoms with Gasteiger partial charge in [0.25, 0.3) is 0 Å². The molecule has 1 aromatic heterocycles. The first kappa shape index (κ1) is 19.4. The quantitative estimate of drug-likeness (QED) is 0.429. The predicted molar refractivity (Wildman–Crippen MR) is 104 cm³/mol. The van der Waals surface area contributed by atoms with Gasteiger partial charge in [-0.1, -0.05) is 23.9 Å². The zero-order valence-electron chi connectivity index (χ0n) is 14.8. The minimum atomic E-state index is -0.543. The number of anilines is 1. The third-order valence-electron chi connectivity index (χ3n) is 3.84. The number of thioether (sulfide) groups is 1. The number of nitrogens with one attached hydrogen (secondary N) is 1. The van der Waals surface area contributed by atoms with Crippen LogP contribution >= 0.6 is 11.8 Å². The van der Waals surface area contributed by atoms with Crippen LogP contribution in [-0.4, -0.2) is 31.9 Å². The highest BCUT2D eigenvalue weighted by Gasteiger charge is 2.20. The van der Waals surface area contributed by atoms with Crippen LogP contribution in [0.2, 0.25) is 0 Å². The van der Waals surface area contributed by atoms with Gasteiger partial charge in [0.2, 0.25) is 17.0 Å². The van der Waals surface area contributed by atoms with E-state index in [1.54, 1.807) is 31.2 Å². The standard InChI is InChI=1S/C18H17FN6O2S/c1-10(17(27)22-14-7-5-11(6-8-14)15(20)26)28-18-24-23-16(25(18)21)12-3-2-4-13(19)9-12/h2-10H,21H2,1H3,(H2,20,26)(H,22,27)/t10-/m0/s1. The number of nitrogen functional groups attached to an aromatic ring is 1. The summed E-state index contributed by atoms with van der Waals surface area (Å²) in [5, 5.41) is 10.5. The Labute approximate surface area is 164 Å². The molecule has 5 N–H and O–H groups in total. The fourth-order valence-electron chi connectivity index (χ4n) is 2.36. The van der Waals surface area contributed by atoms with Crippen molar-refractivity contribution in [1.82, 2.24) is 14.9 Å². The van der Waals surface area contributed by atoms with E-state index in [1.807, 2.05) is 0 Å². The summed E-state index contributed by atoms with van der Waals surface area (Å²) in [7, 11) is 0. The van der Waals surface area contributed by atoms with Gasteiger partial charge >= 0.3 is 0 Å². The van der Waals surface area contributed by atoms with Gasteiger partial charge in [-0.25, -0.2) is 9.07 Å². The summed E-state index contributed by atoms with van der Waals surface area (Å²) in [6, 6.07) is 12.1. The number of rotatable bonds is 6. The Bertz CT molecular complexity index is 1020. The lowest BCUT2D eigenvalue weighted by Gasteiger charge is -2.12. The van der Waals surface area contributed by atoms with E-state index in [0.29, 0.717) is 22.0 Å². The molecular formula is C18H17FN6O2S. The first-order valence-corrected chi connectivity index (χ1v) is 9.07. The number of benzene rings is 2. The van der Waals surface area contributed by atoms with Crippen molar-refractivity contribution in [3.8, 4) is 11.4 Å². The Hall–Kier alpha value is -3.40. The van der Waals surface area contributed by atoms with E-state index >= 15 is 0 Å². The molecule has 0 saturated carbocycles. The zero-order valence-corrected chi connectivity index (χ0v) is 15.6. The van der Waals surface area contributed by atoms with Crippen LogP contribution in [0.1, 0.15) is 17.3 Å². The molecule has 28 heavy (non-hydrogen) atoms. The molecule has 0 spiro atoms. The number of hydrogen-bond acceptors (Lipinski definition) is 6. The number of amides is 2. The Morgan fingerprint density at radius 2 is 1.89 bits per heavy atom. The van der Waals surface area contributed by atoms with Gasteiger partial charge in [-0.3, -0.25) is 9.59 Å². The largest absolute Gasteiger partial charge is 0.366 e. The number of halogens is 1. The van der Waals surface area contributed by atoms with Gasteiger partial charge in [0, 0.05) is 16.8 Å². The summed E-state index contributed by atoms with van der Waals surface area (Å²) >= 11 is 1.11. The van der Waals surface area contributed by atoms with E-state index in [0.717, 1.165) is 11.8 Å². The second kappa shape index (κ2) is 8.09. The van der Waals surface area contributed by atoms with Crippen LogP contribution in [0.4, 0.5) is 10.1 Å². The SMILES string of the molecule is C[C@H](Sc1nnc(-c2cccc(F)c2)n1N)C(=O)Nc1ccc(C(N)=O)cc1. The number of carbonyl (C=O) groups is 2. The molecule has 0 bridgehead atoms. The van der Waals surface area contributed by atoms with Crippen LogP contribution in [0.5, 0.6) is 0 Å². The van der Waals surface area contributed by atoms with Gasteiger partial charge in [0.05, 0.1) is 5.25 Å². The topological polar surface area (TPSA) is 129 Å². The highest BCUT2D eigenvalue weighted by molar-refractivity contribution is 8.00. The highest BCUT2D eigenvalue weighted by Crippen LogP contribution is 2.25. The summed E-state index contributed by atoms with van der Waals surface area (Å²) < 4.78 is 14.6. The Morgan fingerprint density at radius 1 is 1.18 bits per heavy atom. The number of primary amides is 1. The fourth-order valence-corrected chi connectivity index (χ4v) is 3.13. The second-order valence-corrected chi connectivity index (χ2v) is 7.19. The molecule has 0 aliphatic carbocycles. The summed E-state index contributed by atoms with van der Waals surface area (Å²) in [5.74, 6) is 5.05. The highest BCUT2D eigenvalue weighted by atomic mass is 32.2. The molecular weight excluding hydrogens is 383 g/mol. The summed E-state index contributed by atoms with van der Waals surface area (Å²) in [6.45, 7) is 1.69. The van der Waals surface area contributed by atoms with Crippen molar-refractivity contribution in [1.29, 1.82) is 0 Å². The molecule has 0 fully saturated rings. The zero-order chi connectivity index (χ0) is 20.3. The molecule has 3 aromatic rings. The molecule has 2 amide bonds. The molecule has 144 valence electrons. The van der Waals surface area contributed by atoms with Gasteiger partial charge in [0.1, 0.15) is 5.82 Å². The molecule has 2 aromatic carbocycles. The molecule has 0 aliphatic rings. The van der Waals surface area contributed by atoms with E-state index in [-0.39, 0.29) is 11.7 Å². The molecule has 10 heteroatoms. The summed E-state index contributed by atoms with van der Waals surface area (Å²) in [4.78, 5) is 23.5. The van der Waals surface area contributed by atoms with Crippen molar-refractivity contribution in [3.05, 3.63) is 59.9 Å². The van der Waals surface area contributed by atoms with E-state index in [9.17, 15) is 14.0 Å². The normalized spacial score (nSPS) is 11.8. The third kappa shape index (κ3) is 4.29. The fraction of sp³-hybridized carbons (Fsp3) is 0.111. The predicted octanol–water partition coefficient (Wildman–Crippen LogP) is 2.02. The lowest BCUT2D eigenvalue weighted by molar-refractivity contribution is -0.115. The van der Waals surface area contributed by atoms with Gasteiger partial charge in [-0.05, 0) is 43.3 Å². The van der Waals surface area contributed by atoms with E-state index in [4.69, 9.17) is 11.6 Å². The maximum absolute atomic E-state index is 13.4. The number of nitrogens with zero attached hydrogens (tertiary/aromatic N) is 3. The Balaban J connectivity index is 1.68. The molecule has 0 saturated heterocycles. The molecule has 3 rings (SSSR count). The van der Waals surface area contributed by atoms with Crippen molar-refractivity contribution in [3.63, 3.8) is 0 Å². The Kier molecular flexibility index (Phi) is 5.59. The maximum Gasteiger partial charge on any atom is 0.248 e. The van der Waals surface area contributed by atoms with Crippen molar-refractivity contribution >= 4 is 29.3 Å². The molecule has 1 atom stereocenters. The van der Waals surface area contributed by atoms with Crippen LogP contribution < -0.4 is 16.9 Å². The van der Waals surface area contributed by atoms with Gasteiger partial charge in [-0.2, -0.15) is 0 Å². The third-order valence-corrected chi connectivity index (χ3v) is 4.89. The lowest BCUT2D eigenvalue weighted by Crippen LogP contribution is -2.23. The molecule has 0 aliphatic heterocycles. The van der Waals surface area contributed by atoms with Crippen molar-refractivity contribution in [2.45, 2.75) is 17.3 Å². The molecule has 8 nitrogen and oxygen atoms in total. The minimum Gasteiger partial charge on any atom is -0.366 e. The van der Waals surface area contributed by atoms with Crippen molar-refractivity contribution in [2.75, 3.05) is 11.2 Å². The molecule has 1 heterocycles. The van der Waals surface area contributed by atoms with E-state index in [1.165, 1.54) is 28.9 Å². The van der Waals surface area contributed by atoms with Gasteiger partial charge in [0.15, 0.2) is 5.82 Å². The first-order valence-electron chi connectivity index (χ1n) is 8.19. The smallest absolute Gasteiger partial charge is 0.248 e. The first-order chi connectivity index (χ1) is 13.3. The average molecular weight is 400 g/mol. The van der Waals surface area contributed by atoms with Crippen LogP contribution in [-0.2, 0) is 4.79 Å². The Morgan fingerprint density at radius 3 is 2.54 bits per heavy atom. The minimum absolute atomic E-state index is 0.285. The monoisotopic (exact) mass is 400 g/mol. The number of carbonyl (C=O) groups excluding carboxylic acids is 2. The molecule has 0 unspecified atom stereocenters. The van der Waals surface area contributed by atoms with Crippen molar-refractivity contribution in [2.24, 2.45) is 5.73 Å². The number of hydrogen-bond donors (Lipinski definition) is 3. The van der Waals surface area contributed by atoms with Crippen molar-refractivity contribution < 1.29 is 14.0 Å². The number of nitrogens with two attached hydrogens (primary N) is 2. The lowest BCUT2D eigenvalue weighted by atomic mass is 10.2. The summed E-state index contributed by atoms with van der Waals surface area (Å²) in [6.07, 6.45) is 0. The van der Waals surface area contributed by atoms with Crippen LogP contribution in [0, 0.1) is 5.82 Å². The second-order valence-electron chi connectivity index (χ2n) is 5.88. The van der Waals surface area contributed by atoms with Crippen LogP contribution in [0.25, 0.3) is 11.4 Å². The van der Waals surface area contributed by atoms with E-state index < -0.39 is 17.0 Å². The van der Waals surface area contributed by atoms with Crippen LogP contribution in [0.3, 0.4) is 0 Å². The van der Waals surface area contributed by atoms with Gasteiger partial charge < -0.3 is 16.9 Å².